The third-order valence-electron chi connectivity index (χ3n) is 2.73. The molecule has 5 nitrogen and oxygen atoms in total. The number of rotatable bonds is 8. The molecule has 0 saturated carbocycles. The fraction of sp³-hybridized carbons (Fsp3) is 0.667. The van der Waals surface area contributed by atoms with Crippen LogP contribution >= 0.6 is 11.8 Å². The molecule has 0 unspecified atom stereocenters. The van der Waals surface area contributed by atoms with Crippen molar-refractivity contribution in [2.24, 2.45) is 0 Å². The minimum atomic E-state index is -3.40. The van der Waals surface area contributed by atoms with Crippen molar-refractivity contribution in [2.75, 3.05) is 25.6 Å². The van der Waals surface area contributed by atoms with E-state index in [1.54, 1.807) is 24.0 Å². The first-order valence-corrected chi connectivity index (χ1v) is 9.14. The number of hydrogen-bond acceptors (Lipinski definition) is 4. The molecule has 0 saturated heterocycles. The van der Waals surface area contributed by atoms with Crippen molar-refractivity contribution >= 4 is 21.8 Å². The third-order valence-corrected chi connectivity index (χ3v) is 4.77. The zero-order valence-corrected chi connectivity index (χ0v) is 13.6. The molecule has 19 heavy (non-hydrogen) atoms. The average molecular weight is 305 g/mol. The second-order valence-electron chi connectivity index (χ2n) is 4.59. The SMILES string of the molecule is CNCc1cc(S(=O)(=O)NCCSC)cn1C(C)C. The number of hydrogen-bond donors (Lipinski definition) is 2. The highest BCUT2D eigenvalue weighted by Crippen LogP contribution is 2.18. The van der Waals surface area contributed by atoms with Crippen molar-refractivity contribution in [1.29, 1.82) is 0 Å². The van der Waals surface area contributed by atoms with E-state index in [1.807, 2.05) is 31.7 Å². The number of aromatic nitrogens is 1. The Morgan fingerprint density at radius 3 is 2.63 bits per heavy atom. The van der Waals surface area contributed by atoms with Gasteiger partial charge in [-0.1, -0.05) is 0 Å². The Bertz CT molecular complexity index is 495. The van der Waals surface area contributed by atoms with E-state index in [2.05, 4.69) is 10.0 Å². The van der Waals surface area contributed by atoms with Gasteiger partial charge in [0.2, 0.25) is 10.0 Å². The molecular weight excluding hydrogens is 282 g/mol. The molecule has 1 aromatic rings. The van der Waals surface area contributed by atoms with Gasteiger partial charge in [0.1, 0.15) is 0 Å². The summed E-state index contributed by atoms with van der Waals surface area (Å²) in [6.45, 7) is 5.18. The van der Waals surface area contributed by atoms with Crippen LogP contribution in [0.15, 0.2) is 17.2 Å². The van der Waals surface area contributed by atoms with Crippen LogP contribution in [-0.4, -0.2) is 38.6 Å². The zero-order chi connectivity index (χ0) is 14.5. The number of thioether (sulfide) groups is 1. The summed E-state index contributed by atoms with van der Waals surface area (Å²) in [6, 6.07) is 1.97. The zero-order valence-electron chi connectivity index (χ0n) is 11.9. The Hall–Kier alpha value is -0.500. The minimum absolute atomic E-state index is 0.235. The molecule has 1 aromatic heterocycles. The van der Waals surface area contributed by atoms with Crippen molar-refractivity contribution in [3.8, 4) is 0 Å². The van der Waals surface area contributed by atoms with Crippen molar-refractivity contribution in [3.05, 3.63) is 18.0 Å². The molecule has 0 bridgehead atoms. The Morgan fingerprint density at radius 2 is 2.11 bits per heavy atom. The molecule has 0 radical (unpaired) electrons. The lowest BCUT2D eigenvalue weighted by Gasteiger charge is -2.11. The largest absolute Gasteiger partial charge is 0.346 e. The van der Waals surface area contributed by atoms with Crippen molar-refractivity contribution < 1.29 is 8.42 Å². The average Bonchev–Trinajstić information content (AvgIpc) is 2.74. The van der Waals surface area contributed by atoms with E-state index in [-0.39, 0.29) is 6.04 Å². The molecule has 0 spiro atoms. The van der Waals surface area contributed by atoms with Gasteiger partial charge in [-0.3, -0.25) is 0 Å². The summed E-state index contributed by atoms with van der Waals surface area (Å²) in [6.07, 6.45) is 3.66. The lowest BCUT2D eigenvalue weighted by Crippen LogP contribution is -2.25. The van der Waals surface area contributed by atoms with Crippen LogP contribution < -0.4 is 10.0 Å². The lowest BCUT2D eigenvalue weighted by atomic mass is 10.3. The van der Waals surface area contributed by atoms with Gasteiger partial charge in [-0.2, -0.15) is 11.8 Å². The van der Waals surface area contributed by atoms with E-state index >= 15 is 0 Å². The smallest absolute Gasteiger partial charge is 0.242 e. The second kappa shape index (κ2) is 7.33. The Labute approximate surface area is 120 Å². The van der Waals surface area contributed by atoms with Crippen LogP contribution in [0, 0.1) is 0 Å². The van der Waals surface area contributed by atoms with Crippen molar-refractivity contribution in [3.63, 3.8) is 0 Å². The van der Waals surface area contributed by atoms with Gasteiger partial charge in [0.15, 0.2) is 0 Å². The molecule has 2 N–H and O–H groups in total. The molecule has 0 aliphatic heterocycles. The second-order valence-corrected chi connectivity index (χ2v) is 7.34. The predicted molar refractivity (Wildman–Crippen MR) is 81.2 cm³/mol. The summed E-state index contributed by atoms with van der Waals surface area (Å²) in [5.74, 6) is 0.771. The maximum absolute atomic E-state index is 12.1. The molecule has 0 fully saturated rings. The summed E-state index contributed by atoms with van der Waals surface area (Å²) in [5.41, 5.74) is 0.975. The molecule has 1 heterocycles. The molecule has 0 aliphatic rings. The Kier molecular flexibility index (Phi) is 6.38. The highest BCUT2D eigenvalue weighted by molar-refractivity contribution is 7.98. The van der Waals surface area contributed by atoms with Crippen LogP contribution in [-0.2, 0) is 16.6 Å². The van der Waals surface area contributed by atoms with E-state index in [4.69, 9.17) is 0 Å². The summed E-state index contributed by atoms with van der Waals surface area (Å²) >= 11 is 1.62. The van der Waals surface area contributed by atoms with Gasteiger partial charge < -0.3 is 9.88 Å². The summed E-state index contributed by atoms with van der Waals surface area (Å²) < 4.78 is 28.9. The predicted octanol–water partition coefficient (Wildman–Crippen LogP) is 1.43. The molecule has 110 valence electrons. The monoisotopic (exact) mass is 305 g/mol. The molecule has 7 heteroatoms. The standard InChI is InChI=1S/C12H23N3O2S2/c1-10(2)15-9-12(7-11(15)8-13-3)19(16,17)14-5-6-18-4/h7,9-10,13-14H,5-6,8H2,1-4H3. The molecule has 0 atom stereocenters. The van der Waals surface area contributed by atoms with E-state index in [0.29, 0.717) is 18.0 Å². The first kappa shape index (κ1) is 16.6. The number of nitrogens with one attached hydrogen (secondary N) is 2. The maximum atomic E-state index is 12.1. The van der Waals surface area contributed by atoms with Gasteiger partial charge >= 0.3 is 0 Å². The van der Waals surface area contributed by atoms with Gasteiger partial charge in [-0.15, -0.1) is 0 Å². The molecule has 1 rings (SSSR count). The molecular formula is C12H23N3O2S2. The topological polar surface area (TPSA) is 63.1 Å². The van der Waals surface area contributed by atoms with Gasteiger partial charge in [-0.25, -0.2) is 13.1 Å². The van der Waals surface area contributed by atoms with Gasteiger partial charge in [-0.05, 0) is 33.2 Å². The summed E-state index contributed by atoms with van der Waals surface area (Å²) in [5, 5.41) is 3.06. The van der Waals surface area contributed by atoms with Crippen LogP contribution in [0.1, 0.15) is 25.6 Å². The van der Waals surface area contributed by atoms with Crippen molar-refractivity contribution in [1.82, 2.24) is 14.6 Å². The maximum Gasteiger partial charge on any atom is 0.242 e. The molecule has 0 aromatic carbocycles. The first-order chi connectivity index (χ1) is 8.92. The fourth-order valence-corrected chi connectivity index (χ4v) is 3.32. The van der Waals surface area contributed by atoms with E-state index < -0.39 is 10.0 Å². The molecule has 0 aliphatic carbocycles. The van der Waals surface area contributed by atoms with Crippen LogP contribution in [0.4, 0.5) is 0 Å². The number of nitrogens with zero attached hydrogens (tertiary/aromatic N) is 1. The van der Waals surface area contributed by atoms with E-state index in [9.17, 15) is 8.42 Å². The minimum Gasteiger partial charge on any atom is -0.346 e. The lowest BCUT2D eigenvalue weighted by molar-refractivity contribution is 0.561. The van der Waals surface area contributed by atoms with Gasteiger partial charge in [0.25, 0.3) is 0 Å². The number of sulfonamides is 1. The highest BCUT2D eigenvalue weighted by atomic mass is 32.2. The van der Waals surface area contributed by atoms with Crippen LogP contribution in [0.25, 0.3) is 0 Å². The normalized spacial score (nSPS) is 12.3. The van der Waals surface area contributed by atoms with Crippen LogP contribution in [0.2, 0.25) is 0 Å². The highest BCUT2D eigenvalue weighted by Gasteiger charge is 2.18. The third kappa shape index (κ3) is 4.52. The molecule has 0 amide bonds. The van der Waals surface area contributed by atoms with Crippen molar-refractivity contribution in [2.45, 2.75) is 31.3 Å². The Morgan fingerprint density at radius 1 is 1.42 bits per heavy atom. The van der Waals surface area contributed by atoms with Gasteiger partial charge in [0.05, 0.1) is 4.90 Å². The van der Waals surface area contributed by atoms with E-state index in [1.165, 1.54) is 0 Å². The summed E-state index contributed by atoms with van der Waals surface area (Å²) in [7, 11) is -1.55. The Balaban J connectivity index is 2.97. The fourth-order valence-electron chi connectivity index (χ4n) is 1.81. The van der Waals surface area contributed by atoms with E-state index in [0.717, 1.165) is 11.4 Å². The summed E-state index contributed by atoms with van der Waals surface area (Å²) in [4.78, 5) is 0.340. The van der Waals surface area contributed by atoms with Gasteiger partial charge in [0, 0.05) is 36.8 Å². The first-order valence-electron chi connectivity index (χ1n) is 6.26. The van der Waals surface area contributed by atoms with Crippen LogP contribution in [0.5, 0.6) is 0 Å². The van der Waals surface area contributed by atoms with Crippen LogP contribution in [0.3, 0.4) is 0 Å². The quantitative estimate of drug-likeness (QED) is 0.713.